The summed E-state index contributed by atoms with van der Waals surface area (Å²) in [4.78, 5) is 23.7. The number of ketones is 1. The van der Waals surface area contributed by atoms with E-state index in [4.69, 9.17) is 0 Å². The Morgan fingerprint density at radius 1 is 1.26 bits per heavy atom. The summed E-state index contributed by atoms with van der Waals surface area (Å²) in [5.41, 5.74) is 0.158. The van der Waals surface area contributed by atoms with E-state index in [1.54, 1.807) is 0 Å². The summed E-state index contributed by atoms with van der Waals surface area (Å²) in [6.07, 6.45) is 0.642. The highest BCUT2D eigenvalue weighted by Gasteiger charge is 2.44. The van der Waals surface area contributed by atoms with E-state index in [1.165, 1.54) is 6.92 Å². The van der Waals surface area contributed by atoms with Crippen molar-refractivity contribution in [3.63, 3.8) is 0 Å². The van der Waals surface area contributed by atoms with Gasteiger partial charge in [-0.05, 0) is 24.8 Å². The quantitative estimate of drug-likeness (QED) is 0.642. The number of thiol groups is 1. The van der Waals surface area contributed by atoms with Crippen LogP contribution in [0.25, 0.3) is 0 Å². The van der Waals surface area contributed by atoms with Crippen LogP contribution in [0.4, 0.5) is 0 Å². The van der Waals surface area contributed by atoms with Gasteiger partial charge in [-0.3, -0.25) is 9.59 Å². The van der Waals surface area contributed by atoms with Gasteiger partial charge in [0.2, 0.25) is 0 Å². The van der Waals surface area contributed by atoms with Gasteiger partial charge in [-0.25, -0.2) is 0 Å². The zero-order chi connectivity index (χ0) is 14.5. The van der Waals surface area contributed by atoms with Crippen LogP contribution in [0.1, 0.15) is 32.8 Å². The van der Waals surface area contributed by atoms with Crippen LogP contribution in [0.3, 0.4) is 0 Å². The molecule has 104 valence electrons. The molecule has 1 aromatic rings. The lowest BCUT2D eigenvalue weighted by Gasteiger charge is -2.33. The number of Topliss-reactive ketones (excluding diaryl/α,β-unsaturated/α-hetero) is 1. The third kappa shape index (κ3) is 3.83. The second-order valence-corrected chi connectivity index (χ2v) is 5.41. The Kier molecular flexibility index (Phi) is 5.60. The van der Waals surface area contributed by atoms with Crippen molar-refractivity contribution in [2.24, 2.45) is 11.3 Å². The van der Waals surface area contributed by atoms with E-state index < -0.39 is 11.4 Å². The molecule has 0 saturated heterocycles. The number of carbonyl (C=O) groups is 2. The molecule has 0 aliphatic carbocycles. The Balaban J connectivity index is 3.15. The van der Waals surface area contributed by atoms with Gasteiger partial charge >= 0.3 is 5.97 Å². The molecule has 1 aromatic carbocycles. The van der Waals surface area contributed by atoms with Crippen molar-refractivity contribution >= 4 is 24.7 Å². The average Bonchev–Trinajstić information content (AvgIpc) is 2.37. The minimum absolute atomic E-state index is 0.0174. The van der Waals surface area contributed by atoms with Crippen molar-refractivity contribution in [3.8, 4) is 0 Å². The predicted molar refractivity (Wildman–Crippen MR) is 77.8 cm³/mol. The fourth-order valence-corrected chi connectivity index (χ4v) is 2.53. The smallest absolute Gasteiger partial charge is 0.324 e. The fraction of sp³-hybridized carbons (Fsp3) is 0.467. The summed E-state index contributed by atoms with van der Waals surface area (Å²) < 4.78 is 4.65. The molecule has 0 aliphatic rings. The summed E-state index contributed by atoms with van der Waals surface area (Å²) in [6.45, 7) is 5.35. The van der Waals surface area contributed by atoms with Gasteiger partial charge in [0.25, 0.3) is 0 Å². The van der Waals surface area contributed by atoms with Gasteiger partial charge in [0.15, 0.2) is 0 Å². The van der Waals surface area contributed by atoms with Crippen LogP contribution in [0, 0.1) is 11.3 Å². The molecule has 0 saturated carbocycles. The molecule has 19 heavy (non-hydrogen) atoms. The van der Waals surface area contributed by atoms with E-state index in [-0.39, 0.29) is 18.1 Å². The SMILES string of the molecule is CC(=O)CC(Cc1ccccc1)(C(=O)OS)C(C)C. The molecule has 3 nitrogen and oxygen atoms in total. The number of hydrogen-bond donors (Lipinski definition) is 1. The number of rotatable bonds is 6. The maximum absolute atomic E-state index is 12.2. The number of hydrogen-bond acceptors (Lipinski definition) is 4. The molecule has 0 bridgehead atoms. The third-order valence-electron chi connectivity index (χ3n) is 3.52. The topological polar surface area (TPSA) is 43.4 Å². The minimum Gasteiger partial charge on any atom is -0.394 e. The molecule has 0 radical (unpaired) electrons. The zero-order valence-electron chi connectivity index (χ0n) is 11.6. The van der Waals surface area contributed by atoms with Crippen LogP contribution < -0.4 is 0 Å². The van der Waals surface area contributed by atoms with Crippen molar-refractivity contribution in [2.45, 2.75) is 33.6 Å². The first-order valence-electron chi connectivity index (χ1n) is 6.31. The van der Waals surface area contributed by atoms with Crippen LogP contribution in [0.15, 0.2) is 30.3 Å². The highest BCUT2D eigenvalue weighted by atomic mass is 32.1. The van der Waals surface area contributed by atoms with Crippen molar-refractivity contribution < 1.29 is 13.8 Å². The van der Waals surface area contributed by atoms with Gasteiger partial charge in [0.05, 0.1) is 5.41 Å². The van der Waals surface area contributed by atoms with Crippen molar-refractivity contribution in [3.05, 3.63) is 35.9 Å². The van der Waals surface area contributed by atoms with E-state index in [1.807, 2.05) is 44.2 Å². The van der Waals surface area contributed by atoms with Crippen molar-refractivity contribution in [2.75, 3.05) is 0 Å². The van der Waals surface area contributed by atoms with E-state index in [0.717, 1.165) is 5.56 Å². The van der Waals surface area contributed by atoms with Gasteiger partial charge in [0.1, 0.15) is 5.78 Å². The molecular formula is C15H20O3S. The minimum atomic E-state index is -0.852. The summed E-state index contributed by atoms with van der Waals surface area (Å²) >= 11 is 3.63. The molecule has 0 heterocycles. The highest BCUT2D eigenvalue weighted by Crippen LogP contribution is 2.37. The van der Waals surface area contributed by atoms with E-state index in [2.05, 4.69) is 17.1 Å². The molecule has 0 N–H and O–H groups in total. The second kappa shape index (κ2) is 6.75. The fourth-order valence-electron chi connectivity index (χ4n) is 2.35. The Morgan fingerprint density at radius 2 is 1.84 bits per heavy atom. The lowest BCUT2D eigenvalue weighted by Crippen LogP contribution is -2.40. The summed E-state index contributed by atoms with van der Waals surface area (Å²) in [5.74, 6) is -0.482. The summed E-state index contributed by atoms with van der Waals surface area (Å²) in [6, 6.07) is 9.65. The zero-order valence-corrected chi connectivity index (χ0v) is 12.4. The van der Waals surface area contributed by atoms with Gasteiger partial charge in [0, 0.05) is 19.3 Å². The van der Waals surface area contributed by atoms with Gasteiger partial charge in [-0.15, -0.1) is 0 Å². The monoisotopic (exact) mass is 280 g/mol. The van der Waals surface area contributed by atoms with Crippen molar-refractivity contribution in [1.82, 2.24) is 0 Å². The Hall–Kier alpha value is -1.29. The first kappa shape index (κ1) is 15.8. The molecular weight excluding hydrogens is 260 g/mol. The van der Waals surface area contributed by atoms with Crippen molar-refractivity contribution in [1.29, 1.82) is 0 Å². The largest absolute Gasteiger partial charge is 0.394 e. The highest BCUT2D eigenvalue weighted by molar-refractivity contribution is 7.75. The van der Waals surface area contributed by atoms with Crippen LogP contribution in [0.2, 0.25) is 0 Å². The van der Waals surface area contributed by atoms with E-state index >= 15 is 0 Å². The second-order valence-electron chi connectivity index (χ2n) is 5.23. The van der Waals surface area contributed by atoms with Crippen LogP contribution in [-0.2, 0) is 20.2 Å². The first-order valence-corrected chi connectivity index (χ1v) is 6.68. The molecule has 0 aromatic heterocycles. The Bertz CT molecular complexity index is 442. The van der Waals surface area contributed by atoms with E-state index in [9.17, 15) is 9.59 Å². The van der Waals surface area contributed by atoms with Crippen LogP contribution >= 0.6 is 12.9 Å². The molecule has 4 heteroatoms. The maximum atomic E-state index is 12.2. The normalized spacial score (nSPS) is 13.9. The number of benzene rings is 1. The lowest BCUT2D eigenvalue weighted by atomic mass is 9.69. The van der Waals surface area contributed by atoms with Gasteiger partial charge in [-0.1, -0.05) is 44.2 Å². The Morgan fingerprint density at radius 3 is 2.26 bits per heavy atom. The standard InChI is InChI=1S/C15H20O3S/c1-11(2)15(9-12(3)16,14(17)18-19)10-13-7-5-4-6-8-13/h4-8,11,19H,9-10H2,1-3H3. The molecule has 0 amide bonds. The molecule has 1 unspecified atom stereocenters. The average molecular weight is 280 g/mol. The molecule has 0 aliphatic heterocycles. The van der Waals surface area contributed by atoms with Gasteiger partial charge in [-0.2, -0.15) is 0 Å². The lowest BCUT2D eigenvalue weighted by molar-refractivity contribution is -0.150. The molecule has 0 spiro atoms. The Labute approximate surface area is 120 Å². The molecule has 0 fully saturated rings. The van der Waals surface area contributed by atoms with Crippen LogP contribution in [0.5, 0.6) is 0 Å². The molecule has 1 rings (SSSR count). The third-order valence-corrected chi connectivity index (χ3v) is 3.69. The predicted octanol–water partition coefficient (Wildman–Crippen LogP) is 3.24. The maximum Gasteiger partial charge on any atom is 0.324 e. The summed E-state index contributed by atoms with van der Waals surface area (Å²) in [7, 11) is 0. The van der Waals surface area contributed by atoms with Gasteiger partial charge < -0.3 is 4.18 Å². The van der Waals surface area contributed by atoms with Crippen LogP contribution in [-0.4, -0.2) is 11.8 Å². The first-order chi connectivity index (χ1) is 8.92. The van der Waals surface area contributed by atoms with E-state index in [0.29, 0.717) is 6.42 Å². The summed E-state index contributed by atoms with van der Waals surface area (Å²) in [5, 5.41) is 0. The molecule has 1 atom stereocenters. The number of carbonyl (C=O) groups excluding carboxylic acids is 2.